The van der Waals surface area contributed by atoms with Crippen LogP contribution in [-0.4, -0.2) is 20.4 Å². The van der Waals surface area contributed by atoms with Gasteiger partial charge in [0, 0.05) is 4.47 Å². The van der Waals surface area contributed by atoms with Crippen molar-refractivity contribution >= 4 is 48.9 Å². The maximum atomic E-state index is 14.1. The van der Waals surface area contributed by atoms with Crippen LogP contribution in [0.5, 0.6) is 0 Å². The van der Waals surface area contributed by atoms with Gasteiger partial charge in [-0.1, -0.05) is 52.3 Å². The van der Waals surface area contributed by atoms with Crippen LogP contribution in [0.15, 0.2) is 74.7 Å². The summed E-state index contributed by atoms with van der Waals surface area (Å²) in [6, 6.07) is 15.2. The van der Waals surface area contributed by atoms with Gasteiger partial charge in [0.2, 0.25) is 5.91 Å². The van der Waals surface area contributed by atoms with E-state index >= 15 is 0 Å². The van der Waals surface area contributed by atoms with Gasteiger partial charge in [-0.25, -0.2) is 12.8 Å². The minimum Gasteiger partial charge on any atom is -0.322 e. The summed E-state index contributed by atoms with van der Waals surface area (Å²) in [6.07, 6.45) is 0.120. The molecule has 0 spiro atoms. The van der Waals surface area contributed by atoms with E-state index in [0.717, 1.165) is 16.9 Å². The number of benzene rings is 2. The summed E-state index contributed by atoms with van der Waals surface area (Å²) in [7, 11) is -3.88. The number of thiophene rings is 1. The van der Waals surface area contributed by atoms with Crippen LogP contribution in [0.1, 0.15) is 5.56 Å². The number of carbonyl (C=O) groups is 1. The smallest absolute Gasteiger partial charge is 0.250 e. The molecular weight excluding hydrogens is 467 g/mol. The van der Waals surface area contributed by atoms with Crippen molar-refractivity contribution in [3.8, 4) is 0 Å². The Bertz CT molecular complexity index is 1060. The maximum absolute atomic E-state index is 14.1. The molecule has 2 N–H and O–H groups in total. The molecule has 1 heterocycles. The lowest BCUT2D eigenvalue weighted by Gasteiger charge is -2.18. The maximum Gasteiger partial charge on any atom is 0.250 e. The van der Waals surface area contributed by atoms with Crippen LogP contribution < -0.4 is 10.0 Å². The molecule has 28 heavy (non-hydrogen) atoms. The molecule has 3 aromatic rings. The molecule has 0 fully saturated rings. The highest BCUT2D eigenvalue weighted by Gasteiger charge is 2.27. The zero-order valence-electron chi connectivity index (χ0n) is 14.4. The van der Waals surface area contributed by atoms with E-state index < -0.39 is 27.8 Å². The first-order chi connectivity index (χ1) is 13.3. The normalized spacial score (nSPS) is 12.5. The average molecular weight is 483 g/mol. The third kappa shape index (κ3) is 5.26. The summed E-state index contributed by atoms with van der Waals surface area (Å²) < 4.78 is 42.4. The Morgan fingerprint density at radius 1 is 1.11 bits per heavy atom. The number of hydrogen-bond acceptors (Lipinski definition) is 4. The van der Waals surface area contributed by atoms with Gasteiger partial charge in [0.15, 0.2) is 0 Å². The summed E-state index contributed by atoms with van der Waals surface area (Å²) >= 11 is 4.20. The van der Waals surface area contributed by atoms with Gasteiger partial charge in [0.05, 0.1) is 5.69 Å². The molecule has 2 aromatic carbocycles. The number of amides is 1. The van der Waals surface area contributed by atoms with Crippen LogP contribution in [0.2, 0.25) is 0 Å². The molecular formula is C19H16BrFN2O3S2. The Labute approximate surface area is 174 Å². The monoisotopic (exact) mass is 482 g/mol. The lowest BCUT2D eigenvalue weighted by Crippen LogP contribution is -2.45. The Balaban J connectivity index is 1.85. The molecule has 0 aliphatic rings. The second kappa shape index (κ2) is 8.95. The first-order valence-electron chi connectivity index (χ1n) is 8.21. The van der Waals surface area contributed by atoms with Crippen molar-refractivity contribution in [2.24, 2.45) is 0 Å². The molecule has 1 amide bonds. The van der Waals surface area contributed by atoms with Gasteiger partial charge in [-0.2, -0.15) is 4.72 Å². The van der Waals surface area contributed by atoms with Crippen molar-refractivity contribution in [3.05, 3.63) is 81.9 Å². The van der Waals surface area contributed by atoms with Gasteiger partial charge in [0.25, 0.3) is 10.0 Å². The number of rotatable bonds is 7. The largest absolute Gasteiger partial charge is 0.322 e. The highest BCUT2D eigenvalue weighted by atomic mass is 79.9. The Kier molecular flexibility index (Phi) is 6.61. The molecule has 0 saturated heterocycles. The molecule has 0 bridgehead atoms. The summed E-state index contributed by atoms with van der Waals surface area (Å²) in [4.78, 5) is 12.8. The SMILES string of the molecule is O=C(Nc1ccc(Br)cc1F)[C@H](Cc1ccccc1)NS(=O)(=O)c1cccs1. The van der Waals surface area contributed by atoms with Gasteiger partial charge < -0.3 is 5.32 Å². The van der Waals surface area contributed by atoms with Crippen LogP contribution in [-0.2, 0) is 21.2 Å². The number of sulfonamides is 1. The standard InChI is InChI=1S/C19H16BrFN2O3S2/c20-14-8-9-16(15(21)12-14)22-19(24)17(11-13-5-2-1-3-6-13)23-28(25,26)18-7-4-10-27-18/h1-10,12,17,23H,11H2,(H,22,24)/t17-/m0/s1. The number of halogens is 2. The van der Waals surface area contributed by atoms with Gasteiger partial charge in [-0.15, -0.1) is 11.3 Å². The second-order valence-electron chi connectivity index (χ2n) is 5.91. The minimum absolute atomic E-state index is 0.0263. The molecule has 0 aliphatic heterocycles. The zero-order chi connectivity index (χ0) is 20.1. The topological polar surface area (TPSA) is 75.3 Å². The Morgan fingerprint density at radius 2 is 1.86 bits per heavy atom. The molecule has 9 heteroatoms. The average Bonchev–Trinajstić information content (AvgIpc) is 3.20. The molecule has 3 rings (SSSR count). The van der Waals surface area contributed by atoms with E-state index in [0.29, 0.717) is 4.47 Å². The van der Waals surface area contributed by atoms with Crippen LogP contribution in [0.4, 0.5) is 10.1 Å². The Hall–Kier alpha value is -2.07. The fourth-order valence-electron chi connectivity index (χ4n) is 2.51. The predicted octanol–water partition coefficient (Wildman–Crippen LogP) is 4.18. The first kappa shape index (κ1) is 20.7. The molecule has 0 aliphatic carbocycles. The van der Waals surface area contributed by atoms with E-state index in [1.54, 1.807) is 41.8 Å². The third-order valence-corrected chi connectivity index (χ3v) is 7.21. The highest BCUT2D eigenvalue weighted by Crippen LogP contribution is 2.21. The molecule has 1 atom stereocenters. The molecule has 0 unspecified atom stereocenters. The molecule has 1 aromatic heterocycles. The van der Waals surface area contributed by atoms with Gasteiger partial charge >= 0.3 is 0 Å². The van der Waals surface area contributed by atoms with Crippen molar-refractivity contribution in [3.63, 3.8) is 0 Å². The quantitative estimate of drug-likeness (QED) is 0.530. The predicted molar refractivity (Wildman–Crippen MR) is 111 cm³/mol. The highest BCUT2D eigenvalue weighted by molar-refractivity contribution is 9.10. The lowest BCUT2D eigenvalue weighted by molar-refractivity contribution is -0.117. The fraction of sp³-hybridized carbons (Fsp3) is 0.105. The van der Waals surface area contributed by atoms with Gasteiger partial charge in [0.1, 0.15) is 16.1 Å². The van der Waals surface area contributed by atoms with Crippen molar-refractivity contribution < 1.29 is 17.6 Å². The third-order valence-electron chi connectivity index (χ3n) is 3.85. The second-order valence-corrected chi connectivity index (χ2v) is 9.71. The van der Waals surface area contributed by atoms with Crippen molar-refractivity contribution in [2.75, 3.05) is 5.32 Å². The van der Waals surface area contributed by atoms with Crippen molar-refractivity contribution in [1.29, 1.82) is 0 Å². The van der Waals surface area contributed by atoms with Crippen LogP contribution in [0, 0.1) is 5.82 Å². The van der Waals surface area contributed by atoms with Gasteiger partial charge in [-0.3, -0.25) is 4.79 Å². The summed E-state index contributed by atoms with van der Waals surface area (Å²) in [5, 5.41) is 4.10. The molecule has 146 valence electrons. The van der Waals surface area contributed by atoms with E-state index in [9.17, 15) is 17.6 Å². The van der Waals surface area contributed by atoms with Gasteiger partial charge in [-0.05, 0) is 41.6 Å². The van der Waals surface area contributed by atoms with Crippen LogP contribution >= 0.6 is 27.3 Å². The molecule has 5 nitrogen and oxygen atoms in total. The fourth-order valence-corrected chi connectivity index (χ4v) is 5.05. The van der Waals surface area contributed by atoms with Crippen LogP contribution in [0.25, 0.3) is 0 Å². The summed E-state index contributed by atoms with van der Waals surface area (Å²) in [6.45, 7) is 0. The van der Waals surface area contributed by atoms with E-state index in [4.69, 9.17) is 0 Å². The van der Waals surface area contributed by atoms with E-state index in [2.05, 4.69) is 26.0 Å². The Morgan fingerprint density at radius 3 is 2.50 bits per heavy atom. The lowest BCUT2D eigenvalue weighted by atomic mass is 10.1. The van der Waals surface area contributed by atoms with E-state index in [1.807, 2.05) is 6.07 Å². The van der Waals surface area contributed by atoms with Crippen molar-refractivity contribution in [1.82, 2.24) is 4.72 Å². The van der Waals surface area contributed by atoms with Crippen molar-refractivity contribution in [2.45, 2.75) is 16.7 Å². The minimum atomic E-state index is -3.88. The number of carbonyl (C=O) groups excluding carboxylic acids is 1. The number of nitrogens with one attached hydrogen (secondary N) is 2. The zero-order valence-corrected chi connectivity index (χ0v) is 17.7. The molecule has 0 saturated carbocycles. The number of anilines is 1. The summed E-state index contributed by atoms with van der Waals surface area (Å²) in [5.74, 6) is -1.27. The first-order valence-corrected chi connectivity index (χ1v) is 11.4. The van der Waals surface area contributed by atoms with E-state index in [-0.39, 0.29) is 16.3 Å². The van der Waals surface area contributed by atoms with E-state index in [1.165, 1.54) is 18.2 Å². The van der Waals surface area contributed by atoms with Crippen LogP contribution in [0.3, 0.4) is 0 Å². The summed E-state index contributed by atoms with van der Waals surface area (Å²) in [5.41, 5.74) is 0.745. The molecule has 0 radical (unpaired) electrons. The number of hydrogen-bond donors (Lipinski definition) is 2.